The molecule has 1 aliphatic carbocycles. The van der Waals surface area contributed by atoms with E-state index >= 15 is 0 Å². The fourth-order valence-corrected chi connectivity index (χ4v) is 4.34. The Hall–Kier alpha value is -1.93. The van der Waals surface area contributed by atoms with Gasteiger partial charge >= 0.3 is 5.97 Å². The van der Waals surface area contributed by atoms with E-state index < -0.39 is 16.0 Å². The predicted molar refractivity (Wildman–Crippen MR) is 87.4 cm³/mol. The summed E-state index contributed by atoms with van der Waals surface area (Å²) in [4.78, 5) is 16.7. The lowest BCUT2D eigenvalue weighted by atomic mass is 10.2. The molecule has 0 spiro atoms. The predicted octanol–water partition coefficient (Wildman–Crippen LogP) is 2.92. The van der Waals surface area contributed by atoms with Crippen molar-refractivity contribution in [3.05, 3.63) is 40.4 Å². The van der Waals surface area contributed by atoms with Gasteiger partial charge in [-0.15, -0.1) is 0 Å². The smallest absolute Gasteiger partial charge is 0.350 e. The third-order valence-corrected chi connectivity index (χ3v) is 5.99. The van der Waals surface area contributed by atoms with Crippen molar-refractivity contribution >= 4 is 32.5 Å². The minimum Gasteiger partial charge on any atom is -0.465 e. The van der Waals surface area contributed by atoms with Gasteiger partial charge in [0.1, 0.15) is 4.88 Å². The van der Waals surface area contributed by atoms with E-state index in [4.69, 9.17) is 4.74 Å². The zero-order valence-corrected chi connectivity index (χ0v) is 14.3. The first-order valence-corrected chi connectivity index (χ1v) is 9.39. The van der Waals surface area contributed by atoms with Gasteiger partial charge in [0.05, 0.1) is 17.7 Å². The van der Waals surface area contributed by atoms with E-state index in [1.807, 2.05) is 6.92 Å². The second-order valence-electron chi connectivity index (χ2n) is 5.42. The Bertz CT molecular complexity index is 837. The van der Waals surface area contributed by atoms with Crippen molar-refractivity contribution < 1.29 is 17.9 Å². The van der Waals surface area contributed by atoms with Crippen LogP contribution in [0.15, 0.2) is 29.2 Å². The van der Waals surface area contributed by atoms with Crippen molar-refractivity contribution in [2.24, 2.45) is 0 Å². The van der Waals surface area contributed by atoms with Crippen LogP contribution in [0.4, 0.5) is 5.13 Å². The number of carbonyl (C=O) groups is 1. The zero-order chi connectivity index (χ0) is 16.6. The van der Waals surface area contributed by atoms with Crippen molar-refractivity contribution in [1.29, 1.82) is 0 Å². The second kappa shape index (κ2) is 5.93. The number of carbonyl (C=O) groups excluding carboxylic acids is 1. The van der Waals surface area contributed by atoms with Gasteiger partial charge in [-0.3, -0.25) is 4.72 Å². The summed E-state index contributed by atoms with van der Waals surface area (Å²) in [6.07, 6.45) is 1.91. The van der Waals surface area contributed by atoms with Crippen LogP contribution in [-0.2, 0) is 14.8 Å². The van der Waals surface area contributed by atoms with E-state index in [1.165, 1.54) is 19.2 Å². The van der Waals surface area contributed by atoms with Crippen molar-refractivity contribution in [2.45, 2.75) is 30.6 Å². The molecule has 122 valence electrons. The summed E-state index contributed by atoms with van der Waals surface area (Å²) in [6.45, 7) is 1.88. The molecular formula is C15H16N2O4S2. The molecule has 1 heterocycles. The lowest BCUT2D eigenvalue weighted by molar-refractivity contribution is 0.0604. The third-order valence-electron chi connectivity index (χ3n) is 3.54. The molecule has 0 saturated heterocycles. The summed E-state index contributed by atoms with van der Waals surface area (Å²) in [5, 5.41) is 0.188. The summed E-state index contributed by atoms with van der Waals surface area (Å²) in [5.74, 6) is -0.261. The number of nitrogens with one attached hydrogen (secondary N) is 1. The van der Waals surface area contributed by atoms with E-state index in [9.17, 15) is 13.2 Å². The van der Waals surface area contributed by atoms with Crippen LogP contribution in [0.3, 0.4) is 0 Å². The number of nitrogens with zero attached hydrogens (tertiary/aromatic N) is 1. The number of rotatable bonds is 5. The number of ether oxygens (including phenoxy) is 1. The number of anilines is 1. The van der Waals surface area contributed by atoms with E-state index in [0.717, 1.165) is 29.7 Å². The molecule has 0 amide bonds. The van der Waals surface area contributed by atoms with Gasteiger partial charge in [-0.2, -0.15) is 0 Å². The van der Waals surface area contributed by atoms with Gasteiger partial charge in [-0.25, -0.2) is 18.2 Å². The maximum Gasteiger partial charge on any atom is 0.350 e. The summed E-state index contributed by atoms with van der Waals surface area (Å²) in [6, 6.07) is 6.53. The van der Waals surface area contributed by atoms with Gasteiger partial charge < -0.3 is 4.74 Å². The average Bonchev–Trinajstić information content (AvgIpc) is 3.28. The number of aryl methyl sites for hydroxylation is 1. The highest BCUT2D eigenvalue weighted by Gasteiger charge is 2.33. The molecule has 23 heavy (non-hydrogen) atoms. The van der Waals surface area contributed by atoms with Crippen LogP contribution in [0.1, 0.15) is 39.7 Å². The van der Waals surface area contributed by atoms with Gasteiger partial charge in [0, 0.05) is 5.92 Å². The molecule has 1 fully saturated rings. The fraction of sp³-hybridized carbons (Fsp3) is 0.333. The molecule has 8 heteroatoms. The van der Waals surface area contributed by atoms with Gasteiger partial charge in [0.2, 0.25) is 0 Å². The summed E-state index contributed by atoms with van der Waals surface area (Å²) in [5.41, 5.74) is 1.60. The van der Waals surface area contributed by atoms with E-state index in [-0.39, 0.29) is 15.9 Å². The number of hydrogen-bond acceptors (Lipinski definition) is 6. The molecule has 1 aromatic heterocycles. The van der Waals surface area contributed by atoms with Crippen LogP contribution < -0.4 is 4.72 Å². The maximum atomic E-state index is 12.4. The molecule has 6 nitrogen and oxygen atoms in total. The monoisotopic (exact) mass is 352 g/mol. The zero-order valence-electron chi connectivity index (χ0n) is 12.7. The molecule has 1 aliphatic rings. The van der Waals surface area contributed by atoms with E-state index in [2.05, 4.69) is 9.71 Å². The standard InChI is InChI=1S/C15H16N2O4S2/c1-9-3-7-11(8-4-9)23(19,20)17-15-16-12(10-5-6-10)13(22-15)14(18)21-2/h3-4,7-8,10H,5-6H2,1-2H3,(H,16,17). The number of aromatic nitrogens is 1. The second-order valence-corrected chi connectivity index (χ2v) is 8.10. The normalized spacial score (nSPS) is 14.5. The number of esters is 1. The first-order chi connectivity index (χ1) is 10.9. The topological polar surface area (TPSA) is 85.4 Å². The number of hydrogen-bond donors (Lipinski definition) is 1. The van der Waals surface area contributed by atoms with Crippen LogP contribution >= 0.6 is 11.3 Å². The molecule has 1 saturated carbocycles. The summed E-state index contributed by atoms with van der Waals surface area (Å²) >= 11 is 1.01. The Morgan fingerprint density at radius 2 is 1.96 bits per heavy atom. The highest BCUT2D eigenvalue weighted by molar-refractivity contribution is 7.93. The first-order valence-electron chi connectivity index (χ1n) is 7.09. The Kier molecular flexibility index (Phi) is 4.11. The minimum absolute atomic E-state index is 0.158. The molecule has 2 aromatic rings. The van der Waals surface area contributed by atoms with Crippen LogP contribution in [-0.4, -0.2) is 26.5 Å². The van der Waals surface area contributed by atoms with Gasteiger partial charge in [0.25, 0.3) is 10.0 Å². The Labute approximate surface area is 138 Å². The molecule has 1 aromatic carbocycles. The van der Waals surface area contributed by atoms with Crippen LogP contribution in [0.25, 0.3) is 0 Å². The van der Waals surface area contributed by atoms with Crippen LogP contribution in [0.5, 0.6) is 0 Å². The fourth-order valence-electron chi connectivity index (χ4n) is 2.14. The lowest BCUT2D eigenvalue weighted by Crippen LogP contribution is -2.12. The minimum atomic E-state index is -3.73. The average molecular weight is 352 g/mol. The van der Waals surface area contributed by atoms with Gasteiger partial charge in [-0.05, 0) is 31.9 Å². The van der Waals surface area contributed by atoms with Gasteiger partial charge in [-0.1, -0.05) is 29.0 Å². The van der Waals surface area contributed by atoms with Gasteiger partial charge in [0.15, 0.2) is 5.13 Å². The molecule has 1 N–H and O–H groups in total. The Balaban J connectivity index is 1.90. The van der Waals surface area contributed by atoms with Crippen LogP contribution in [0.2, 0.25) is 0 Å². The highest BCUT2D eigenvalue weighted by atomic mass is 32.2. The number of methoxy groups -OCH3 is 1. The number of benzene rings is 1. The Morgan fingerprint density at radius 1 is 1.30 bits per heavy atom. The molecular weight excluding hydrogens is 336 g/mol. The molecule has 0 unspecified atom stereocenters. The SMILES string of the molecule is COC(=O)c1sc(NS(=O)(=O)c2ccc(C)cc2)nc1C1CC1. The van der Waals surface area contributed by atoms with E-state index in [0.29, 0.717) is 10.6 Å². The number of sulfonamides is 1. The van der Waals surface area contributed by atoms with Crippen molar-refractivity contribution in [2.75, 3.05) is 11.8 Å². The molecule has 3 rings (SSSR count). The van der Waals surface area contributed by atoms with Crippen LogP contribution in [0, 0.1) is 6.92 Å². The maximum absolute atomic E-state index is 12.4. The molecule has 0 atom stereocenters. The lowest BCUT2D eigenvalue weighted by Gasteiger charge is -2.05. The quantitative estimate of drug-likeness (QED) is 0.836. The summed E-state index contributed by atoms with van der Waals surface area (Å²) < 4.78 is 32.0. The number of thiazole rings is 1. The van der Waals surface area contributed by atoms with Crippen molar-refractivity contribution in [1.82, 2.24) is 4.98 Å². The van der Waals surface area contributed by atoms with Crippen molar-refractivity contribution in [3.63, 3.8) is 0 Å². The summed E-state index contributed by atoms with van der Waals surface area (Å²) in [7, 11) is -2.42. The molecule has 0 aliphatic heterocycles. The first kappa shape index (κ1) is 15.9. The van der Waals surface area contributed by atoms with E-state index in [1.54, 1.807) is 12.1 Å². The van der Waals surface area contributed by atoms with Crippen molar-refractivity contribution in [3.8, 4) is 0 Å². The molecule has 0 bridgehead atoms. The third kappa shape index (κ3) is 3.37. The largest absolute Gasteiger partial charge is 0.465 e. The Morgan fingerprint density at radius 3 is 2.52 bits per heavy atom. The highest BCUT2D eigenvalue weighted by Crippen LogP contribution is 2.44. The molecule has 0 radical (unpaired) electrons.